The molecule has 1 heterocycles. The summed E-state index contributed by atoms with van der Waals surface area (Å²) in [6.45, 7) is 3.88. The van der Waals surface area contributed by atoms with Gasteiger partial charge in [0.05, 0.1) is 6.10 Å². The first-order valence-electron chi connectivity index (χ1n) is 6.56. The van der Waals surface area contributed by atoms with Gasteiger partial charge in [0.25, 0.3) is 0 Å². The summed E-state index contributed by atoms with van der Waals surface area (Å²) in [6, 6.07) is 1.64. The zero-order valence-electron chi connectivity index (χ0n) is 11.6. The molecule has 1 aliphatic carbocycles. The van der Waals surface area contributed by atoms with Crippen molar-refractivity contribution in [3.63, 3.8) is 0 Å². The smallest absolute Gasteiger partial charge is 0.250 e. The van der Waals surface area contributed by atoms with E-state index in [0.29, 0.717) is 4.21 Å². The largest absolute Gasteiger partial charge is 0.380 e. The highest BCUT2D eigenvalue weighted by Gasteiger charge is 2.30. The van der Waals surface area contributed by atoms with Crippen molar-refractivity contribution in [3.8, 4) is 0 Å². The van der Waals surface area contributed by atoms with Crippen molar-refractivity contribution < 1.29 is 13.2 Å². The molecular formula is C13H21NO3S2. The molecule has 0 aliphatic heterocycles. The number of nitrogens with one attached hydrogen (secondary N) is 1. The maximum Gasteiger partial charge on any atom is 0.250 e. The number of hydrogen-bond acceptors (Lipinski definition) is 4. The fourth-order valence-corrected chi connectivity index (χ4v) is 5.27. The van der Waals surface area contributed by atoms with Gasteiger partial charge >= 0.3 is 0 Å². The third-order valence-corrected chi connectivity index (χ3v) is 6.84. The van der Waals surface area contributed by atoms with Crippen LogP contribution in [0.15, 0.2) is 10.3 Å². The lowest BCUT2D eigenvalue weighted by molar-refractivity contribution is 0.0493. The van der Waals surface area contributed by atoms with Crippen LogP contribution in [0.1, 0.15) is 36.1 Å². The summed E-state index contributed by atoms with van der Waals surface area (Å²) in [4.78, 5) is 1.05. The normalized spacial score (nSPS) is 24.6. The number of ether oxygens (including phenoxy) is 1. The molecule has 108 valence electrons. The lowest BCUT2D eigenvalue weighted by atomic mass is 9.93. The summed E-state index contributed by atoms with van der Waals surface area (Å²) in [5, 5.41) is 0. The summed E-state index contributed by atoms with van der Waals surface area (Å²) < 4.78 is 33.3. The minimum absolute atomic E-state index is 0.00863. The summed E-state index contributed by atoms with van der Waals surface area (Å²) in [6.07, 6.45) is 3.92. The summed E-state index contributed by atoms with van der Waals surface area (Å²) in [5.41, 5.74) is 1.03. The van der Waals surface area contributed by atoms with Gasteiger partial charge in [-0.2, -0.15) is 0 Å². The fraction of sp³-hybridized carbons (Fsp3) is 0.692. The van der Waals surface area contributed by atoms with Gasteiger partial charge in [-0.15, -0.1) is 11.3 Å². The van der Waals surface area contributed by atoms with Gasteiger partial charge in [-0.05, 0) is 38.3 Å². The molecule has 0 unspecified atom stereocenters. The molecule has 0 aromatic carbocycles. The van der Waals surface area contributed by atoms with Crippen LogP contribution in [0.2, 0.25) is 0 Å². The summed E-state index contributed by atoms with van der Waals surface area (Å²) >= 11 is 1.33. The topological polar surface area (TPSA) is 55.4 Å². The molecule has 0 bridgehead atoms. The highest BCUT2D eigenvalue weighted by Crippen LogP contribution is 2.27. The van der Waals surface area contributed by atoms with E-state index in [9.17, 15) is 8.42 Å². The van der Waals surface area contributed by atoms with Gasteiger partial charge < -0.3 is 4.74 Å². The predicted octanol–water partition coefficient (Wildman–Crippen LogP) is 2.60. The fourth-order valence-electron chi connectivity index (χ4n) is 2.44. The highest BCUT2D eigenvalue weighted by molar-refractivity contribution is 7.91. The van der Waals surface area contributed by atoms with Crippen LogP contribution in [-0.4, -0.2) is 27.7 Å². The standard InChI is InChI=1S/C13H21NO3S2/c1-9-8-13(18-10(9)2)19(15,16)14-11-6-4-5-7-12(11)17-3/h8,11-12,14H,4-7H2,1-3H3/t11-,12+/m0/s1. The number of aryl methyl sites for hydroxylation is 2. The molecule has 1 N–H and O–H groups in total. The van der Waals surface area contributed by atoms with Crippen LogP contribution in [0.3, 0.4) is 0 Å². The molecule has 0 saturated heterocycles. The number of hydrogen-bond donors (Lipinski definition) is 1. The zero-order chi connectivity index (χ0) is 14.0. The van der Waals surface area contributed by atoms with Crippen molar-refractivity contribution in [3.05, 3.63) is 16.5 Å². The average Bonchev–Trinajstić information content (AvgIpc) is 2.71. The van der Waals surface area contributed by atoms with Gasteiger partial charge in [0.2, 0.25) is 10.0 Å². The lowest BCUT2D eigenvalue weighted by Gasteiger charge is -2.30. The average molecular weight is 303 g/mol. The Morgan fingerprint density at radius 1 is 1.32 bits per heavy atom. The van der Waals surface area contributed by atoms with Gasteiger partial charge in [0.1, 0.15) is 4.21 Å². The van der Waals surface area contributed by atoms with E-state index in [1.807, 2.05) is 13.8 Å². The van der Waals surface area contributed by atoms with E-state index in [1.54, 1.807) is 13.2 Å². The van der Waals surface area contributed by atoms with Gasteiger partial charge in [0, 0.05) is 18.0 Å². The molecule has 0 amide bonds. The Balaban J connectivity index is 2.16. The van der Waals surface area contributed by atoms with Crippen LogP contribution >= 0.6 is 11.3 Å². The van der Waals surface area contributed by atoms with Crippen LogP contribution in [-0.2, 0) is 14.8 Å². The Kier molecular flexibility index (Phi) is 4.66. The molecule has 1 fully saturated rings. The van der Waals surface area contributed by atoms with E-state index in [0.717, 1.165) is 36.1 Å². The Labute approximate surface area is 119 Å². The molecule has 2 atom stereocenters. The molecule has 0 radical (unpaired) electrons. The van der Waals surface area contributed by atoms with Crippen LogP contribution in [0, 0.1) is 13.8 Å². The van der Waals surface area contributed by atoms with Crippen LogP contribution in [0.5, 0.6) is 0 Å². The molecule has 1 aromatic rings. The van der Waals surface area contributed by atoms with Gasteiger partial charge in [-0.1, -0.05) is 12.8 Å². The molecule has 1 aromatic heterocycles. The van der Waals surface area contributed by atoms with Crippen molar-refractivity contribution in [1.82, 2.24) is 4.72 Å². The summed E-state index contributed by atoms with van der Waals surface area (Å²) in [7, 11) is -1.77. The van der Waals surface area contributed by atoms with Crippen molar-refractivity contribution in [2.75, 3.05) is 7.11 Å². The first kappa shape index (κ1) is 15.0. The Hall–Kier alpha value is -0.430. The Morgan fingerprint density at radius 3 is 2.58 bits per heavy atom. The molecule has 6 heteroatoms. The predicted molar refractivity (Wildman–Crippen MR) is 77.2 cm³/mol. The van der Waals surface area contributed by atoms with Gasteiger partial charge in [-0.25, -0.2) is 13.1 Å². The number of thiophene rings is 1. The minimum atomic E-state index is -3.42. The first-order valence-corrected chi connectivity index (χ1v) is 8.86. The second-order valence-electron chi connectivity index (χ2n) is 5.09. The Morgan fingerprint density at radius 2 is 2.00 bits per heavy atom. The van der Waals surface area contributed by atoms with E-state index in [2.05, 4.69) is 4.72 Å². The molecular weight excluding hydrogens is 282 g/mol. The molecule has 2 rings (SSSR count). The van der Waals surface area contributed by atoms with E-state index in [1.165, 1.54) is 11.3 Å². The second kappa shape index (κ2) is 5.91. The molecule has 0 spiro atoms. The Bertz CT molecular complexity index is 517. The number of methoxy groups -OCH3 is 1. The van der Waals surface area contributed by atoms with Crippen LogP contribution < -0.4 is 4.72 Å². The zero-order valence-corrected chi connectivity index (χ0v) is 13.2. The summed E-state index contributed by atoms with van der Waals surface area (Å²) in [5.74, 6) is 0. The lowest BCUT2D eigenvalue weighted by Crippen LogP contribution is -2.45. The van der Waals surface area contributed by atoms with Crippen molar-refractivity contribution >= 4 is 21.4 Å². The van der Waals surface area contributed by atoms with Crippen molar-refractivity contribution in [1.29, 1.82) is 0 Å². The first-order chi connectivity index (χ1) is 8.94. The van der Waals surface area contributed by atoms with Crippen molar-refractivity contribution in [2.45, 2.75) is 55.9 Å². The third kappa shape index (κ3) is 3.37. The maximum atomic E-state index is 12.4. The maximum absolute atomic E-state index is 12.4. The minimum Gasteiger partial charge on any atom is -0.380 e. The second-order valence-corrected chi connectivity index (χ2v) is 8.29. The molecule has 19 heavy (non-hydrogen) atoms. The van der Waals surface area contributed by atoms with Gasteiger partial charge in [-0.3, -0.25) is 0 Å². The number of rotatable bonds is 4. The highest BCUT2D eigenvalue weighted by atomic mass is 32.2. The van der Waals surface area contributed by atoms with Crippen molar-refractivity contribution in [2.24, 2.45) is 0 Å². The van der Waals surface area contributed by atoms with Crippen LogP contribution in [0.4, 0.5) is 0 Å². The third-order valence-electron chi connectivity index (χ3n) is 3.72. The van der Waals surface area contributed by atoms with E-state index in [4.69, 9.17) is 4.74 Å². The molecule has 1 saturated carbocycles. The molecule has 4 nitrogen and oxygen atoms in total. The van der Waals surface area contributed by atoms with Gasteiger partial charge in [0.15, 0.2) is 0 Å². The monoisotopic (exact) mass is 303 g/mol. The SMILES string of the molecule is CO[C@@H]1CCCC[C@@H]1NS(=O)(=O)c1cc(C)c(C)s1. The quantitative estimate of drug-likeness (QED) is 0.930. The number of sulfonamides is 1. The van der Waals surface area contributed by atoms with E-state index in [-0.39, 0.29) is 12.1 Å². The molecule has 1 aliphatic rings. The van der Waals surface area contributed by atoms with E-state index >= 15 is 0 Å². The van der Waals surface area contributed by atoms with Crippen LogP contribution in [0.25, 0.3) is 0 Å². The van der Waals surface area contributed by atoms with E-state index < -0.39 is 10.0 Å².